The Morgan fingerprint density at radius 2 is 2.19 bits per heavy atom. The number of aromatic nitrogens is 1. The lowest BCUT2D eigenvalue weighted by Gasteiger charge is -2.15. The van der Waals surface area contributed by atoms with Crippen LogP contribution < -0.4 is 5.32 Å². The van der Waals surface area contributed by atoms with Crippen molar-refractivity contribution in [3.63, 3.8) is 0 Å². The number of furan rings is 1. The number of rotatable bonds is 5. The number of phenols is 1. The first kappa shape index (κ1) is 13.5. The summed E-state index contributed by atoms with van der Waals surface area (Å²) in [6, 6.07) is 11.4. The number of phenolic OH excluding ortho intramolecular Hbond substituents is 1. The van der Waals surface area contributed by atoms with Crippen LogP contribution in [0.2, 0.25) is 0 Å². The molecule has 2 aromatic heterocycles. The van der Waals surface area contributed by atoms with Gasteiger partial charge >= 0.3 is 0 Å². The van der Waals surface area contributed by atoms with Crippen LogP contribution in [0.3, 0.4) is 0 Å². The standard InChI is InChI=1S/C17H18N2O2/c1-12(4-7-15-3-2-10-21-15)19-17-16-11-14(20)6-5-13(16)8-9-18-17/h2-3,5-6,8-12,20H,4,7H2,1H3,(H,18,19). The molecular weight excluding hydrogens is 264 g/mol. The van der Waals surface area contributed by atoms with E-state index in [1.807, 2.05) is 24.3 Å². The molecule has 4 heteroatoms. The highest BCUT2D eigenvalue weighted by Crippen LogP contribution is 2.25. The zero-order chi connectivity index (χ0) is 14.7. The predicted molar refractivity (Wildman–Crippen MR) is 83.5 cm³/mol. The molecule has 1 unspecified atom stereocenters. The van der Waals surface area contributed by atoms with Crippen LogP contribution in [0.15, 0.2) is 53.3 Å². The largest absolute Gasteiger partial charge is 0.508 e. The summed E-state index contributed by atoms with van der Waals surface area (Å²) in [6.07, 6.45) is 5.31. The van der Waals surface area contributed by atoms with Crippen molar-refractivity contribution in [2.75, 3.05) is 5.32 Å². The Balaban J connectivity index is 1.73. The lowest BCUT2D eigenvalue weighted by Crippen LogP contribution is -2.17. The highest BCUT2D eigenvalue weighted by molar-refractivity contribution is 5.92. The molecule has 0 radical (unpaired) electrons. The van der Waals surface area contributed by atoms with E-state index in [0.717, 1.165) is 35.2 Å². The molecule has 0 aliphatic heterocycles. The molecule has 1 aromatic carbocycles. The van der Waals surface area contributed by atoms with Crippen molar-refractivity contribution >= 4 is 16.6 Å². The van der Waals surface area contributed by atoms with E-state index in [-0.39, 0.29) is 11.8 Å². The molecule has 4 nitrogen and oxygen atoms in total. The van der Waals surface area contributed by atoms with Gasteiger partial charge in [-0.05, 0) is 49.1 Å². The first-order chi connectivity index (χ1) is 10.2. The Hall–Kier alpha value is -2.49. The quantitative estimate of drug-likeness (QED) is 0.743. The molecule has 2 heterocycles. The number of fused-ring (bicyclic) bond motifs is 1. The number of pyridine rings is 1. The highest BCUT2D eigenvalue weighted by atomic mass is 16.3. The molecule has 0 saturated carbocycles. The molecular formula is C17H18N2O2. The fourth-order valence-corrected chi connectivity index (χ4v) is 2.39. The van der Waals surface area contributed by atoms with Crippen LogP contribution in [-0.4, -0.2) is 16.1 Å². The first-order valence-corrected chi connectivity index (χ1v) is 7.09. The lowest BCUT2D eigenvalue weighted by molar-refractivity contribution is 0.476. The van der Waals surface area contributed by atoms with E-state index < -0.39 is 0 Å². The molecule has 21 heavy (non-hydrogen) atoms. The molecule has 0 fully saturated rings. The van der Waals surface area contributed by atoms with Crippen molar-refractivity contribution in [3.8, 4) is 5.75 Å². The second-order valence-electron chi connectivity index (χ2n) is 5.23. The monoisotopic (exact) mass is 282 g/mol. The molecule has 3 aromatic rings. The van der Waals surface area contributed by atoms with E-state index in [4.69, 9.17) is 4.42 Å². The van der Waals surface area contributed by atoms with Crippen molar-refractivity contribution in [1.82, 2.24) is 4.98 Å². The van der Waals surface area contributed by atoms with Crippen LogP contribution in [0.25, 0.3) is 10.8 Å². The minimum atomic E-state index is 0.252. The Morgan fingerprint density at radius 3 is 3.00 bits per heavy atom. The number of nitrogens with one attached hydrogen (secondary N) is 1. The van der Waals surface area contributed by atoms with Crippen LogP contribution in [0.1, 0.15) is 19.1 Å². The predicted octanol–water partition coefficient (Wildman–Crippen LogP) is 3.97. The molecule has 2 N–H and O–H groups in total. The van der Waals surface area contributed by atoms with E-state index in [2.05, 4.69) is 17.2 Å². The summed E-state index contributed by atoms with van der Waals surface area (Å²) < 4.78 is 5.34. The summed E-state index contributed by atoms with van der Waals surface area (Å²) in [5, 5.41) is 15.1. The zero-order valence-corrected chi connectivity index (χ0v) is 11.9. The Bertz CT molecular complexity index is 723. The smallest absolute Gasteiger partial charge is 0.134 e. The van der Waals surface area contributed by atoms with E-state index in [9.17, 15) is 5.11 Å². The summed E-state index contributed by atoms with van der Waals surface area (Å²) in [4.78, 5) is 4.39. The van der Waals surface area contributed by atoms with Gasteiger partial charge in [-0.2, -0.15) is 0 Å². The maximum Gasteiger partial charge on any atom is 0.134 e. The molecule has 0 aliphatic carbocycles. The van der Waals surface area contributed by atoms with E-state index in [1.54, 1.807) is 24.6 Å². The van der Waals surface area contributed by atoms with E-state index >= 15 is 0 Å². The van der Waals surface area contributed by atoms with Crippen molar-refractivity contribution in [2.45, 2.75) is 25.8 Å². The SMILES string of the molecule is CC(CCc1ccco1)Nc1nccc2ccc(O)cc12. The van der Waals surface area contributed by atoms with Crippen LogP contribution >= 0.6 is 0 Å². The van der Waals surface area contributed by atoms with Gasteiger partial charge in [0.2, 0.25) is 0 Å². The zero-order valence-electron chi connectivity index (χ0n) is 11.9. The van der Waals surface area contributed by atoms with Crippen LogP contribution in [0, 0.1) is 0 Å². The highest BCUT2D eigenvalue weighted by Gasteiger charge is 2.08. The summed E-state index contributed by atoms with van der Waals surface area (Å²) in [5.74, 6) is 2.05. The summed E-state index contributed by atoms with van der Waals surface area (Å²) in [7, 11) is 0. The van der Waals surface area contributed by atoms with Crippen LogP contribution in [0.4, 0.5) is 5.82 Å². The molecule has 108 valence electrons. The van der Waals surface area contributed by atoms with Crippen molar-refractivity contribution in [2.24, 2.45) is 0 Å². The molecule has 0 saturated heterocycles. The third-order valence-corrected chi connectivity index (χ3v) is 3.54. The fraction of sp³-hybridized carbons (Fsp3) is 0.235. The number of aromatic hydroxyl groups is 1. The number of aryl methyl sites for hydroxylation is 1. The second kappa shape index (κ2) is 5.87. The van der Waals surface area contributed by atoms with Gasteiger partial charge in [-0.25, -0.2) is 4.98 Å². The van der Waals surface area contributed by atoms with Gasteiger partial charge in [-0.3, -0.25) is 0 Å². The number of benzene rings is 1. The van der Waals surface area contributed by atoms with Gasteiger partial charge in [0.25, 0.3) is 0 Å². The molecule has 0 amide bonds. The average Bonchev–Trinajstić information content (AvgIpc) is 2.99. The lowest BCUT2D eigenvalue weighted by atomic mass is 10.1. The molecule has 1 atom stereocenters. The second-order valence-corrected chi connectivity index (χ2v) is 5.23. The molecule has 0 spiro atoms. The summed E-state index contributed by atoms with van der Waals surface area (Å²) >= 11 is 0. The molecule has 0 bridgehead atoms. The Kier molecular flexibility index (Phi) is 3.77. The van der Waals surface area contributed by atoms with Gasteiger partial charge in [-0.15, -0.1) is 0 Å². The average molecular weight is 282 g/mol. The normalized spacial score (nSPS) is 12.4. The first-order valence-electron chi connectivity index (χ1n) is 7.09. The Morgan fingerprint density at radius 1 is 1.29 bits per heavy atom. The van der Waals surface area contributed by atoms with Gasteiger partial charge in [0.1, 0.15) is 17.3 Å². The van der Waals surface area contributed by atoms with Crippen LogP contribution in [0.5, 0.6) is 5.75 Å². The molecule has 0 aliphatic rings. The minimum absolute atomic E-state index is 0.252. The number of hydrogen-bond acceptors (Lipinski definition) is 4. The van der Waals surface area contributed by atoms with E-state index in [1.165, 1.54) is 0 Å². The minimum Gasteiger partial charge on any atom is -0.508 e. The Labute approximate surface area is 123 Å². The maximum absolute atomic E-state index is 9.65. The third-order valence-electron chi connectivity index (χ3n) is 3.54. The van der Waals surface area contributed by atoms with Crippen molar-refractivity contribution < 1.29 is 9.52 Å². The van der Waals surface area contributed by atoms with Gasteiger partial charge < -0.3 is 14.8 Å². The van der Waals surface area contributed by atoms with Gasteiger partial charge in [0.05, 0.1) is 6.26 Å². The summed E-state index contributed by atoms with van der Waals surface area (Å²) in [5.41, 5.74) is 0. The molecule has 3 rings (SSSR count). The van der Waals surface area contributed by atoms with Gasteiger partial charge in [-0.1, -0.05) is 6.07 Å². The van der Waals surface area contributed by atoms with Gasteiger partial charge in [0, 0.05) is 24.0 Å². The van der Waals surface area contributed by atoms with Gasteiger partial charge in [0.15, 0.2) is 0 Å². The fourth-order valence-electron chi connectivity index (χ4n) is 2.39. The number of anilines is 1. The van der Waals surface area contributed by atoms with Crippen molar-refractivity contribution in [1.29, 1.82) is 0 Å². The summed E-state index contributed by atoms with van der Waals surface area (Å²) in [6.45, 7) is 2.12. The third kappa shape index (κ3) is 3.16. The van der Waals surface area contributed by atoms with Crippen molar-refractivity contribution in [3.05, 3.63) is 54.6 Å². The van der Waals surface area contributed by atoms with Crippen LogP contribution in [-0.2, 0) is 6.42 Å². The number of hydrogen-bond donors (Lipinski definition) is 2. The van der Waals surface area contributed by atoms with E-state index in [0.29, 0.717) is 0 Å². The topological polar surface area (TPSA) is 58.3 Å². The number of nitrogens with zero attached hydrogens (tertiary/aromatic N) is 1. The maximum atomic E-state index is 9.65.